The van der Waals surface area contributed by atoms with Crippen LogP contribution in [0.25, 0.3) is 0 Å². The van der Waals surface area contributed by atoms with Crippen LogP contribution in [0, 0.1) is 6.92 Å². The van der Waals surface area contributed by atoms with Gasteiger partial charge in [-0.25, -0.2) is 13.2 Å². The van der Waals surface area contributed by atoms with Crippen LogP contribution in [0.4, 0.5) is 5.00 Å². The van der Waals surface area contributed by atoms with Crippen LogP contribution in [-0.2, 0) is 10.0 Å². The second-order valence-corrected chi connectivity index (χ2v) is 6.16. The number of carboxylic acid groups (broad SMARTS) is 1. The van der Waals surface area contributed by atoms with E-state index in [0.29, 0.717) is 5.69 Å². The summed E-state index contributed by atoms with van der Waals surface area (Å²) in [5, 5.41) is 9.11. The molecule has 0 bridgehead atoms. The first-order valence-electron chi connectivity index (χ1n) is 4.47. The molecule has 0 saturated heterocycles. The minimum atomic E-state index is -3.45. The van der Waals surface area contributed by atoms with E-state index < -0.39 is 16.0 Å². The van der Waals surface area contributed by atoms with Gasteiger partial charge in [0.05, 0.1) is 11.4 Å². The normalized spacial score (nSPS) is 11.4. The summed E-state index contributed by atoms with van der Waals surface area (Å²) < 4.78 is 28.0. The van der Waals surface area contributed by atoms with Gasteiger partial charge in [-0.3, -0.25) is 4.31 Å². The molecule has 6 nitrogen and oxygen atoms in total. The molecule has 1 aromatic heterocycles. The highest BCUT2D eigenvalue weighted by molar-refractivity contribution is 7.92. The molecular weight excluding hydrogens is 252 g/mol. The van der Waals surface area contributed by atoms with Crippen molar-refractivity contribution in [2.75, 3.05) is 17.1 Å². The maximum atomic E-state index is 11.6. The first kappa shape index (κ1) is 12.9. The molecule has 0 spiro atoms. The average Bonchev–Trinajstić information content (AvgIpc) is 2.58. The quantitative estimate of drug-likeness (QED) is 0.874. The number of hydrogen-bond acceptors (Lipinski definition) is 5. The zero-order chi connectivity index (χ0) is 12.5. The van der Waals surface area contributed by atoms with E-state index >= 15 is 0 Å². The van der Waals surface area contributed by atoms with E-state index in [4.69, 9.17) is 5.11 Å². The molecule has 0 fully saturated rings. The van der Waals surface area contributed by atoms with E-state index in [1.165, 1.54) is 20.9 Å². The summed E-state index contributed by atoms with van der Waals surface area (Å²) in [5.74, 6) is -1.25. The molecule has 0 saturated carbocycles. The maximum Gasteiger partial charge on any atom is 0.340 e. The fourth-order valence-corrected chi connectivity index (χ4v) is 3.07. The highest BCUT2D eigenvalue weighted by Crippen LogP contribution is 2.29. The smallest absolute Gasteiger partial charge is 0.340 e. The number of aryl methyl sites for hydroxylation is 1. The molecule has 0 aliphatic heterocycles. The summed E-state index contributed by atoms with van der Waals surface area (Å²) in [4.78, 5) is 11.0. The van der Waals surface area contributed by atoms with Crippen molar-refractivity contribution in [1.29, 1.82) is 0 Å². The Bertz CT molecular complexity index is 506. The van der Waals surface area contributed by atoms with Crippen molar-refractivity contribution in [3.05, 3.63) is 11.3 Å². The second-order valence-electron chi connectivity index (χ2n) is 3.12. The fourth-order valence-electron chi connectivity index (χ4n) is 1.14. The highest BCUT2D eigenvalue weighted by atomic mass is 32.2. The Morgan fingerprint density at radius 2 is 2.12 bits per heavy atom. The number of hydrogen-bond donors (Lipinski definition) is 1. The van der Waals surface area contributed by atoms with Crippen molar-refractivity contribution in [2.45, 2.75) is 13.8 Å². The van der Waals surface area contributed by atoms with Crippen LogP contribution in [-0.4, -0.2) is 36.7 Å². The van der Waals surface area contributed by atoms with E-state index in [0.717, 1.165) is 15.8 Å². The lowest BCUT2D eigenvalue weighted by atomic mass is 10.2. The van der Waals surface area contributed by atoms with Crippen LogP contribution in [0.1, 0.15) is 23.0 Å². The third-order valence-electron chi connectivity index (χ3n) is 2.13. The zero-order valence-electron chi connectivity index (χ0n) is 9.09. The first-order chi connectivity index (χ1) is 7.31. The minimum Gasteiger partial charge on any atom is -0.478 e. The molecule has 0 amide bonds. The third-order valence-corrected chi connectivity index (χ3v) is 5.00. The molecule has 0 aliphatic carbocycles. The average molecular weight is 264 g/mol. The molecule has 16 heavy (non-hydrogen) atoms. The topological polar surface area (TPSA) is 87.6 Å². The molecule has 0 aromatic carbocycles. The van der Waals surface area contributed by atoms with Gasteiger partial charge < -0.3 is 5.11 Å². The number of anilines is 1. The Labute approximate surface area is 97.7 Å². The van der Waals surface area contributed by atoms with Crippen molar-refractivity contribution in [3.8, 4) is 0 Å². The molecule has 1 N–H and O–H groups in total. The Morgan fingerprint density at radius 1 is 1.56 bits per heavy atom. The third kappa shape index (κ3) is 2.17. The van der Waals surface area contributed by atoms with Crippen LogP contribution < -0.4 is 4.31 Å². The van der Waals surface area contributed by atoms with Crippen molar-refractivity contribution >= 4 is 32.5 Å². The number of carbonyl (C=O) groups is 1. The molecular formula is C8H12N2O4S2. The SMILES string of the molecule is CCS(=O)(=O)N(C)c1snc(C)c1C(=O)O. The molecule has 1 rings (SSSR count). The number of nitrogens with zero attached hydrogens (tertiary/aromatic N) is 2. The number of aromatic nitrogens is 1. The van der Waals surface area contributed by atoms with E-state index in [9.17, 15) is 13.2 Å². The van der Waals surface area contributed by atoms with Crippen LogP contribution in [0.2, 0.25) is 0 Å². The van der Waals surface area contributed by atoms with Gasteiger partial charge in [0, 0.05) is 7.05 Å². The summed E-state index contributed by atoms with van der Waals surface area (Å²) in [6.07, 6.45) is 0. The van der Waals surface area contributed by atoms with Crippen LogP contribution in [0.15, 0.2) is 0 Å². The molecule has 90 valence electrons. The van der Waals surface area contributed by atoms with E-state index in [-0.39, 0.29) is 16.3 Å². The van der Waals surface area contributed by atoms with Gasteiger partial charge in [0.1, 0.15) is 10.6 Å². The van der Waals surface area contributed by atoms with Gasteiger partial charge in [-0.2, -0.15) is 4.37 Å². The van der Waals surface area contributed by atoms with Crippen molar-refractivity contribution in [1.82, 2.24) is 4.37 Å². The van der Waals surface area contributed by atoms with Gasteiger partial charge in [-0.15, -0.1) is 0 Å². The maximum absolute atomic E-state index is 11.6. The Balaban J connectivity index is 3.30. The largest absolute Gasteiger partial charge is 0.478 e. The van der Waals surface area contributed by atoms with Gasteiger partial charge in [-0.1, -0.05) is 0 Å². The Hall–Kier alpha value is -1.15. The lowest BCUT2D eigenvalue weighted by molar-refractivity contribution is 0.0697. The molecule has 0 atom stereocenters. The predicted molar refractivity (Wildman–Crippen MR) is 61.7 cm³/mol. The predicted octanol–water partition coefficient (Wildman–Crippen LogP) is 0.936. The van der Waals surface area contributed by atoms with Crippen LogP contribution in [0.5, 0.6) is 0 Å². The fraction of sp³-hybridized carbons (Fsp3) is 0.500. The summed E-state index contributed by atoms with van der Waals surface area (Å²) in [6, 6.07) is 0. The summed E-state index contributed by atoms with van der Waals surface area (Å²) in [5.41, 5.74) is 0.273. The van der Waals surface area contributed by atoms with E-state index in [2.05, 4.69) is 4.37 Å². The molecule has 0 radical (unpaired) electrons. The number of carboxylic acids is 1. The Kier molecular flexibility index (Phi) is 3.54. The number of rotatable bonds is 4. The van der Waals surface area contributed by atoms with Crippen molar-refractivity contribution in [2.24, 2.45) is 0 Å². The summed E-state index contributed by atoms with van der Waals surface area (Å²) in [6.45, 7) is 3.04. The summed E-state index contributed by atoms with van der Waals surface area (Å²) >= 11 is 0.871. The minimum absolute atomic E-state index is 0.0514. The van der Waals surface area contributed by atoms with Gasteiger partial charge in [0.15, 0.2) is 0 Å². The lowest BCUT2D eigenvalue weighted by Gasteiger charge is -2.16. The molecule has 8 heteroatoms. The monoisotopic (exact) mass is 264 g/mol. The highest BCUT2D eigenvalue weighted by Gasteiger charge is 2.26. The van der Waals surface area contributed by atoms with Gasteiger partial charge >= 0.3 is 5.97 Å². The van der Waals surface area contributed by atoms with Crippen molar-refractivity contribution < 1.29 is 18.3 Å². The van der Waals surface area contributed by atoms with Gasteiger partial charge in [0.25, 0.3) is 0 Å². The molecule has 1 aromatic rings. The molecule has 0 aliphatic rings. The zero-order valence-corrected chi connectivity index (χ0v) is 10.7. The number of sulfonamides is 1. The van der Waals surface area contributed by atoms with Crippen LogP contribution in [0.3, 0.4) is 0 Å². The lowest BCUT2D eigenvalue weighted by Crippen LogP contribution is -2.28. The number of aromatic carboxylic acids is 1. The van der Waals surface area contributed by atoms with E-state index in [1.807, 2.05) is 0 Å². The second kappa shape index (κ2) is 4.38. The Morgan fingerprint density at radius 3 is 2.56 bits per heavy atom. The van der Waals surface area contributed by atoms with Gasteiger partial charge in [0.2, 0.25) is 10.0 Å². The van der Waals surface area contributed by atoms with Gasteiger partial charge in [-0.05, 0) is 25.4 Å². The molecule has 1 heterocycles. The molecule has 0 unspecified atom stereocenters. The van der Waals surface area contributed by atoms with Crippen LogP contribution >= 0.6 is 11.5 Å². The first-order valence-corrected chi connectivity index (χ1v) is 6.85. The van der Waals surface area contributed by atoms with Crippen molar-refractivity contribution in [3.63, 3.8) is 0 Å². The standard InChI is InChI=1S/C8H12N2O4S2/c1-4-16(13,14)10(3)7-6(8(11)12)5(2)9-15-7/h4H2,1-3H3,(H,11,12). The van der Waals surface area contributed by atoms with E-state index in [1.54, 1.807) is 0 Å². The summed E-state index contributed by atoms with van der Waals surface area (Å²) in [7, 11) is -2.12.